The van der Waals surface area contributed by atoms with Gasteiger partial charge >= 0.3 is 0 Å². The molecule has 0 aliphatic carbocycles. The van der Waals surface area contributed by atoms with E-state index in [1.54, 1.807) is 4.68 Å². The van der Waals surface area contributed by atoms with Gasteiger partial charge in [0.25, 0.3) is 5.56 Å². The number of aromatic nitrogens is 2. The number of piperidine rings is 2. The summed E-state index contributed by atoms with van der Waals surface area (Å²) >= 11 is 0. The summed E-state index contributed by atoms with van der Waals surface area (Å²) in [5.41, 5.74) is 2.71. The van der Waals surface area contributed by atoms with Crippen molar-refractivity contribution in [1.82, 2.24) is 14.3 Å². The van der Waals surface area contributed by atoms with Gasteiger partial charge in [0.1, 0.15) is 5.69 Å². The Labute approximate surface area is 155 Å². The summed E-state index contributed by atoms with van der Waals surface area (Å²) in [6, 6.07) is 10.6. The van der Waals surface area contributed by atoms with Crippen molar-refractivity contribution in [2.75, 3.05) is 25.0 Å². The zero-order valence-corrected chi connectivity index (χ0v) is 15.9. The van der Waals surface area contributed by atoms with Crippen molar-refractivity contribution >= 4 is 5.69 Å². The van der Waals surface area contributed by atoms with Crippen LogP contribution in [0, 0.1) is 12.8 Å². The highest BCUT2D eigenvalue weighted by Crippen LogP contribution is 2.31. The van der Waals surface area contributed by atoms with Crippen LogP contribution in [0.5, 0.6) is 0 Å². The average Bonchev–Trinajstić information content (AvgIpc) is 2.89. The highest BCUT2D eigenvalue weighted by Gasteiger charge is 2.33. The van der Waals surface area contributed by atoms with Gasteiger partial charge in [-0.15, -0.1) is 0 Å². The molecule has 26 heavy (non-hydrogen) atoms. The van der Waals surface area contributed by atoms with Crippen molar-refractivity contribution in [3.8, 4) is 5.69 Å². The predicted octanol–water partition coefficient (Wildman–Crippen LogP) is 3.16. The standard InChI is InChI=1S/C21H30N4O/c1-16-20(21(26)25(23(16)2)18-10-4-3-5-11-18)22-15-17-9-8-14-24-13-7-6-12-19(17)24/h3-5,10-11,17,19,22H,6-9,12-15H2,1-2H3/t17-,19+/m1/s1. The molecule has 2 saturated heterocycles. The highest BCUT2D eigenvalue weighted by atomic mass is 16.1. The Bertz CT molecular complexity index is 805. The van der Waals surface area contributed by atoms with Crippen LogP contribution in [0.3, 0.4) is 0 Å². The van der Waals surface area contributed by atoms with Crippen LogP contribution in [0.1, 0.15) is 37.8 Å². The summed E-state index contributed by atoms with van der Waals surface area (Å²) in [6.07, 6.45) is 6.56. The number of anilines is 1. The second-order valence-electron chi connectivity index (χ2n) is 7.82. The first-order valence-electron chi connectivity index (χ1n) is 9.99. The van der Waals surface area contributed by atoms with Crippen LogP contribution >= 0.6 is 0 Å². The first-order chi connectivity index (χ1) is 12.7. The van der Waals surface area contributed by atoms with Gasteiger partial charge in [-0.25, -0.2) is 4.68 Å². The fourth-order valence-corrected chi connectivity index (χ4v) is 4.82. The molecule has 0 spiro atoms. The minimum Gasteiger partial charge on any atom is -0.379 e. The van der Waals surface area contributed by atoms with E-state index >= 15 is 0 Å². The average molecular weight is 354 g/mol. The zero-order chi connectivity index (χ0) is 18.1. The Morgan fingerprint density at radius 2 is 1.85 bits per heavy atom. The first kappa shape index (κ1) is 17.4. The molecule has 0 amide bonds. The van der Waals surface area contributed by atoms with E-state index in [4.69, 9.17) is 0 Å². The SMILES string of the molecule is Cc1c(NC[C@H]2CCCN3CCCC[C@@H]23)c(=O)n(-c2ccccc2)n1C. The predicted molar refractivity (Wildman–Crippen MR) is 106 cm³/mol. The fraction of sp³-hybridized carbons (Fsp3) is 0.571. The maximum absolute atomic E-state index is 13.0. The lowest BCUT2D eigenvalue weighted by molar-refractivity contribution is 0.0649. The Morgan fingerprint density at radius 1 is 1.08 bits per heavy atom. The van der Waals surface area contributed by atoms with E-state index in [0.29, 0.717) is 12.0 Å². The second-order valence-corrected chi connectivity index (χ2v) is 7.82. The van der Waals surface area contributed by atoms with Gasteiger partial charge in [0.05, 0.1) is 11.4 Å². The molecule has 0 radical (unpaired) electrons. The molecule has 140 valence electrons. The smallest absolute Gasteiger partial charge is 0.295 e. The van der Waals surface area contributed by atoms with E-state index in [9.17, 15) is 4.79 Å². The molecule has 2 aliphatic heterocycles. The number of para-hydroxylation sites is 1. The Balaban J connectivity index is 1.55. The molecule has 2 aromatic rings. The third kappa shape index (κ3) is 3.09. The van der Waals surface area contributed by atoms with Crippen LogP contribution in [-0.2, 0) is 7.05 Å². The van der Waals surface area contributed by atoms with E-state index in [-0.39, 0.29) is 5.56 Å². The van der Waals surface area contributed by atoms with Crippen LogP contribution < -0.4 is 10.9 Å². The van der Waals surface area contributed by atoms with Crippen molar-refractivity contribution in [3.05, 3.63) is 46.4 Å². The second kappa shape index (κ2) is 7.31. The first-order valence-corrected chi connectivity index (χ1v) is 9.99. The molecule has 2 atom stereocenters. The molecule has 1 N–H and O–H groups in total. The molecular weight excluding hydrogens is 324 g/mol. The van der Waals surface area contributed by atoms with E-state index in [0.717, 1.165) is 23.6 Å². The van der Waals surface area contributed by atoms with Gasteiger partial charge in [-0.2, -0.15) is 0 Å². The highest BCUT2D eigenvalue weighted by molar-refractivity contribution is 5.49. The molecule has 5 nitrogen and oxygen atoms in total. The molecule has 5 heteroatoms. The topological polar surface area (TPSA) is 42.2 Å². The van der Waals surface area contributed by atoms with Crippen LogP contribution in [0.15, 0.2) is 35.1 Å². The Hall–Kier alpha value is -2.01. The molecule has 0 saturated carbocycles. The lowest BCUT2D eigenvalue weighted by atomic mass is 9.83. The molecule has 0 unspecified atom stereocenters. The summed E-state index contributed by atoms with van der Waals surface area (Å²) < 4.78 is 3.71. The minimum atomic E-state index is 0.0486. The normalized spacial score (nSPS) is 23.6. The molecule has 1 aromatic carbocycles. The van der Waals surface area contributed by atoms with Gasteiger partial charge in [0.2, 0.25) is 0 Å². The van der Waals surface area contributed by atoms with Crippen molar-refractivity contribution in [1.29, 1.82) is 0 Å². The van der Waals surface area contributed by atoms with Gasteiger partial charge in [0, 0.05) is 19.6 Å². The fourth-order valence-electron chi connectivity index (χ4n) is 4.82. The van der Waals surface area contributed by atoms with Gasteiger partial charge in [-0.05, 0) is 63.7 Å². The van der Waals surface area contributed by atoms with E-state index in [1.807, 2.05) is 49.0 Å². The van der Waals surface area contributed by atoms with Gasteiger partial charge in [-0.3, -0.25) is 9.48 Å². The van der Waals surface area contributed by atoms with Crippen molar-refractivity contribution in [2.45, 2.75) is 45.1 Å². The van der Waals surface area contributed by atoms with Crippen LogP contribution in [0.2, 0.25) is 0 Å². The van der Waals surface area contributed by atoms with Crippen LogP contribution in [-0.4, -0.2) is 39.9 Å². The summed E-state index contributed by atoms with van der Waals surface area (Å²) in [6.45, 7) is 5.44. The third-order valence-electron chi connectivity index (χ3n) is 6.32. The largest absolute Gasteiger partial charge is 0.379 e. The van der Waals surface area contributed by atoms with Gasteiger partial charge in [0.15, 0.2) is 0 Å². The van der Waals surface area contributed by atoms with Crippen LogP contribution in [0.25, 0.3) is 5.69 Å². The minimum absolute atomic E-state index is 0.0486. The molecule has 2 aliphatic rings. The molecular formula is C21H30N4O. The number of fused-ring (bicyclic) bond motifs is 1. The van der Waals surface area contributed by atoms with E-state index in [1.165, 1.54) is 45.2 Å². The summed E-state index contributed by atoms with van der Waals surface area (Å²) in [4.78, 5) is 15.7. The maximum Gasteiger partial charge on any atom is 0.295 e. The molecule has 4 rings (SSSR count). The van der Waals surface area contributed by atoms with E-state index in [2.05, 4.69) is 10.2 Å². The third-order valence-corrected chi connectivity index (χ3v) is 6.32. The van der Waals surface area contributed by atoms with Crippen molar-refractivity contribution in [2.24, 2.45) is 13.0 Å². The number of hydrogen-bond donors (Lipinski definition) is 1. The number of rotatable bonds is 4. The number of hydrogen-bond acceptors (Lipinski definition) is 3. The van der Waals surface area contributed by atoms with Crippen molar-refractivity contribution < 1.29 is 0 Å². The van der Waals surface area contributed by atoms with Crippen molar-refractivity contribution in [3.63, 3.8) is 0 Å². The zero-order valence-electron chi connectivity index (χ0n) is 15.9. The monoisotopic (exact) mass is 354 g/mol. The summed E-state index contributed by atoms with van der Waals surface area (Å²) in [7, 11) is 1.96. The molecule has 3 heterocycles. The molecule has 0 bridgehead atoms. The Kier molecular flexibility index (Phi) is 4.90. The maximum atomic E-state index is 13.0. The van der Waals surface area contributed by atoms with Crippen LogP contribution in [0.4, 0.5) is 5.69 Å². The lowest BCUT2D eigenvalue weighted by Gasteiger charge is -2.44. The Morgan fingerprint density at radius 3 is 2.65 bits per heavy atom. The summed E-state index contributed by atoms with van der Waals surface area (Å²) in [5, 5.41) is 3.53. The summed E-state index contributed by atoms with van der Waals surface area (Å²) in [5.74, 6) is 0.647. The number of nitrogens with one attached hydrogen (secondary N) is 1. The lowest BCUT2D eigenvalue weighted by Crippen LogP contribution is -2.49. The number of nitrogens with zero attached hydrogens (tertiary/aromatic N) is 3. The van der Waals surface area contributed by atoms with E-state index < -0.39 is 0 Å². The van der Waals surface area contributed by atoms with Gasteiger partial charge < -0.3 is 10.2 Å². The van der Waals surface area contributed by atoms with Gasteiger partial charge in [-0.1, -0.05) is 24.6 Å². The molecule has 2 fully saturated rings. The number of benzene rings is 1. The quantitative estimate of drug-likeness (QED) is 0.917. The molecule has 1 aromatic heterocycles.